The van der Waals surface area contributed by atoms with Crippen LogP contribution in [0.1, 0.15) is 43.2 Å². The van der Waals surface area contributed by atoms with Gasteiger partial charge in [-0.2, -0.15) is 0 Å². The number of nitrogens with zero attached hydrogens (tertiary/aromatic N) is 3. The van der Waals surface area contributed by atoms with Crippen LogP contribution in [0.5, 0.6) is 0 Å². The molecule has 0 amide bonds. The number of benzene rings is 5. The molecule has 3 heteroatoms. The maximum atomic E-state index is 4.91. The Morgan fingerprint density at radius 2 is 0.857 bits per heavy atom. The first-order valence-corrected chi connectivity index (χ1v) is 15.0. The van der Waals surface area contributed by atoms with E-state index in [0.717, 1.165) is 16.7 Å². The molecule has 8 rings (SSSR count). The van der Waals surface area contributed by atoms with Crippen molar-refractivity contribution >= 4 is 0 Å². The van der Waals surface area contributed by atoms with E-state index in [1.165, 1.54) is 65.5 Å². The summed E-state index contributed by atoms with van der Waals surface area (Å²) in [5.41, 5.74) is 11.5. The Morgan fingerprint density at radius 3 is 1.48 bits per heavy atom. The summed E-state index contributed by atoms with van der Waals surface area (Å²) in [6.07, 6.45) is 6.43. The first-order chi connectivity index (χ1) is 20.8. The van der Waals surface area contributed by atoms with Crippen LogP contribution in [0, 0.1) is 0 Å². The van der Waals surface area contributed by atoms with Gasteiger partial charge in [0.05, 0.1) is 0 Å². The van der Waals surface area contributed by atoms with Gasteiger partial charge < -0.3 is 0 Å². The van der Waals surface area contributed by atoms with Crippen LogP contribution in [-0.4, -0.2) is 15.0 Å². The molecule has 0 saturated heterocycles. The highest BCUT2D eigenvalue weighted by Crippen LogP contribution is 2.56. The number of rotatable bonds is 4. The van der Waals surface area contributed by atoms with Gasteiger partial charge in [-0.25, -0.2) is 15.0 Å². The highest BCUT2D eigenvalue weighted by Gasteiger charge is 2.43. The van der Waals surface area contributed by atoms with Crippen LogP contribution in [0.3, 0.4) is 0 Å². The maximum absolute atomic E-state index is 4.91. The van der Waals surface area contributed by atoms with Crippen LogP contribution < -0.4 is 0 Å². The van der Waals surface area contributed by atoms with E-state index in [1.807, 2.05) is 60.7 Å². The summed E-state index contributed by atoms with van der Waals surface area (Å²) in [5.74, 6) is 2.04. The Kier molecular flexibility index (Phi) is 6.03. The number of hydrogen-bond acceptors (Lipinski definition) is 3. The Hall–Kier alpha value is -4.89. The van der Waals surface area contributed by atoms with Crippen molar-refractivity contribution in [3.05, 3.63) is 139 Å². The molecule has 0 unspecified atom stereocenters. The fourth-order valence-electron chi connectivity index (χ4n) is 7.08. The van der Waals surface area contributed by atoms with Crippen LogP contribution in [-0.2, 0) is 5.41 Å². The average molecular weight is 542 g/mol. The minimum Gasteiger partial charge on any atom is -0.208 e. The average Bonchev–Trinajstić information content (AvgIpc) is 3.34. The summed E-state index contributed by atoms with van der Waals surface area (Å²) in [7, 11) is 0. The molecule has 5 aromatic carbocycles. The number of aromatic nitrogens is 3. The van der Waals surface area contributed by atoms with Crippen molar-refractivity contribution in [1.29, 1.82) is 0 Å². The summed E-state index contributed by atoms with van der Waals surface area (Å²) in [5, 5.41) is 0. The zero-order chi connectivity index (χ0) is 27.9. The molecular weight excluding hydrogens is 510 g/mol. The van der Waals surface area contributed by atoms with Crippen molar-refractivity contribution < 1.29 is 0 Å². The molecule has 1 spiro atoms. The second kappa shape index (κ2) is 10.2. The molecule has 3 nitrogen and oxygen atoms in total. The summed E-state index contributed by atoms with van der Waals surface area (Å²) in [6, 6.07) is 45.2. The molecule has 42 heavy (non-hydrogen) atoms. The Bertz CT molecular complexity index is 1830. The molecule has 0 aliphatic heterocycles. The van der Waals surface area contributed by atoms with Crippen molar-refractivity contribution in [3.63, 3.8) is 0 Å². The van der Waals surface area contributed by atoms with Crippen LogP contribution in [0.2, 0.25) is 0 Å². The Morgan fingerprint density at radius 1 is 0.381 bits per heavy atom. The fraction of sp³-hybridized carbons (Fsp3) is 0.154. The van der Waals surface area contributed by atoms with Gasteiger partial charge in [0.2, 0.25) is 0 Å². The normalized spacial score (nSPS) is 14.9. The van der Waals surface area contributed by atoms with Gasteiger partial charge in [0, 0.05) is 22.1 Å². The van der Waals surface area contributed by atoms with Crippen molar-refractivity contribution in [2.24, 2.45) is 0 Å². The second-order valence-electron chi connectivity index (χ2n) is 11.6. The Balaban J connectivity index is 1.18. The zero-order valence-corrected chi connectivity index (χ0v) is 23.5. The predicted molar refractivity (Wildman–Crippen MR) is 171 cm³/mol. The predicted octanol–water partition coefficient (Wildman–Crippen LogP) is 9.77. The van der Waals surface area contributed by atoms with Crippen molar-refractivity contribution in [1.82, 2.24) is 15.0 Å². The monoisotopic (exact) mass is 541 g/mol. The van der Waals surface area contributed by atoms with Crippen molar-refractivity contribution in [2.45, 2.75) is 37.5 Å². The van der Waals surface area contributed by atoms with E-state index in [1.54, 1.807) is 0 Å². The van der Waals surface area contributed by atoms with E-state index in [2.05, 4.69) is 66.7 Å². The number of fused-ring (bicyclic) bond motifs is 5. The van der Waals surface area contributed by atoms with E-state index in [9.17, 15) is 0 Å². The zero-order valence-electron chi connectivity index (χ0n) is 23.5. The molecule has 2 aliphatic carbocycles. The van der Waals surface area contributed by atoms with E-state index in [-0.39, 0.29) is 5.41 Å². The molecule has 0 radical (unpaired) electrons. The van der Waals surface area contributed by atoms with Gasteiger partial charge in [-0.1, -0.05) is 141 Å². The lowest BCUT2D eigenvalue weighted by atomic mass is 9.67. The summed E-state index contributed by atoms with van der Waals surface area (Å²) >= 11 is 0. The van der Waals surface area contributed by atoms with Gasteiger partial charge in [0.25, 0.3) is 0 Å². The summed E-state index contributed by atoms with van der Waals surface area (Å²) in [6.45, 7) is 0. The quantitative estimate of drug-likeness (QED) is 0.223. The van der Waals surface area contributed by atoms with Crippen LogP contribution in [0.15, 0.2) is 127 Å². The first-order valence-electron chi connectivity index (χ1n) is 15.0. The van der Waals surface area contributed by atoms with Gasteiger partial charge in [-0.05, 0) is 52.3 Å². The lowest BCUT2D eigenvalue weighted by Gasteiger charge is -2.36. The number of hydrogen-bond donors (Lipinski definition) is 0. The SMILES string of the molecule is c1ccc(-c2nc(-c3ccccc3)nc(-c3ccc(-c4ccc5c(c4)C4(CCCCC4)c4ccccc4-5)cc3)n2)cc1. The third-order valence-electron chi connectivity index (χ3n) is 9.15. The van der Waals surface area contributed by atoms with Gasteiger partial charge in [-0.3, -0.25) is 0 Å². The molecule has 202 valence electrons. The third-order valence-corrected chi connectivity index (χ3v) is 9.15. The first kappa shape index (κ1) is 24.9. The summed E-state index contributed by atoms with van der Waals surface area (Å²) < 4.78 is 0. The highest BCUT2D eigenvalue weighted by molar-refractivity contribution is 5.84. The second-order valence-corrected chi connectivity index (χ2v) is 11.6. The van der Waals surface area contributed by atoms with Gasteiger partial charge in [-0.15, -0.1) is 0 Å². The van der Waals surface area contributed by atoms with Crippen molar-refractivity contribution in [3.8, 4) is 56.4 Å². The van der Waals surface area contributed by atoms with E-state index < -0.39 is 0 Å². The maximum Gasteiger partial charge on any atom is 0.164 e. The lowest BCUT2D eigenvalue weighted by molar-refractivity contribution is 0.353. The van der Waals surface area contributed by atoms with Crippen molar-refractivity contribution in [2.75, 3.05) is 0 Å². The molecule has 0 N–H and O–H groups in total. The molecule has 1 heterocycles. The summed E-state index contributed by atoms with van der Waals surface area (Å²) in [4.78, 5) is 14.6. The minimum absolute atomic E-state index is 0.159. The largest absolute Gasteiger partial charge is 0.208 e. The van der Waals surface area contributed by atoms with E-state index >= 15 is 0 Å². The molecule has 0 bridgehead atoms. The van der Waals surface area contributed by atoms with E-state index in [0.29, 0.717) is 17.5 Å². The molecule has 1 fully saturated rings. The topological polar surface area (TPSA) is 38.7 Å². The molecule has 0 atom stereocenters. The fourth-order valence-corrected chi connectivity index (χ4v) is 7.08. The van der Waals surface area contributed by atoms with Crippen LogP contribution >= 0.6 is 0 Å². The minimum atomic E-state index is 0.159. The molecule has 1 aromatic heterocycles. The smallest absolute Gasteiger partial charge is 0.164 e. The van der Waals surface area contributed by atoms with E-state index in [4.69, 9.17) is 15.0 Å². The van der Waals surface area contributed by atoms with Gasteiger partial charge in [0.1, 0.15) is 0 Å². The highest BCUT2D eigenvalue weighted by atomic mass is 15.0. The standard InChI is InChI=1S/C39H31N3/c1-4-12-28(13-5-1)36-40-37(29-14-6-2-7-15-29)42-38(41-36)30-20-18-27(19-21-30)31-22-23-33-32-16-8-9-17-34(32)39(35(33)26-31)24-10-3-11-25-39/h1-2,4-9,12-23,26H,3,10-11,24-25H2. The third kappa shape index (κ3) is 4.16. The van der Waals surface area contributed by atoms with Crippen LogP contribution in [0.25, 0.3) is 56.4 Å². The molecular formula is C39H31N3. The van der Waals surface area contributed by atoms with Gasteiger partial charge in [0.15, 0.2) is 17.5 Å². The Labute approximate surface area is 247 Å². The lowest BCUT2D eigenvalue weighted by Crippen LogP contribution is -2.28. The van der Waals surface area contributed by atoms with Crippen LogP contribution in [0.4, 0.5) is 0 Å². The molecule has 1 saturated carbocycles. The molecule has 2 aliphatic rings. The molecule has 6 aromatic rings. The van der Waals surface area contributed by atoms with Gasteiger partial charge >= 0.3 is 0 Å².